The first kappa shape index (κ1) is 13.2. The lowest BCUT2D eigenvalue weighted by Crippen LogP contribution is -2.29. The molecule has 2 nitrogen and oxygen atoms in total. The summed E-state index contributed by atoms with van der Waals surface area (Å²) in [7, 11) is 0. The van der Waals surface area contributed by atoms with Crippen molar-refractivity contribution in [1.82, 2.24) is 0 Å². The molecule has 90 valence electrons. The first-order chi connectivity index (χ1) is 7.83. The van der Waals surface area contributed by atoms with Crippen LogP contribution in [0.4, 0.5) is 0 Å². The van der Waals surface area contributed by atoms with Crippen LogP contribution in [0.5, 0.6) is 0 Å². The van der Waals surface area contributed by atoms with Crippen molar-refractivity contribution in [1.29, 1.82) is 0 Å². The molecule has 1 rings (SSSR count). The topological polar surface area (TPSA) is 18.5 Å². The minimum atomic E-state index is -0.304. The zero-order valence-electron chi connectivity index (χ0n) is 10.2. The number of hydrogen-bond acceptors (Lipinski definition) is 2. The highest BCUT2D eigenvalue weighted by molar-refractivity contribution is 5.08. The molecule has 0 aromatic carbocycles. The molecule has 0 radical (unpaired) electrons. The molecule has 0 amide bonds. The fourth-order valence-electron chi connectivity index (χ4n) is 1.91. The van der Waals surface area contributed by atoms with Crippen LogP contribution in [0, 0.1) is 0 Å². The standard InChI is InChI=1S/C14H22O2/c1-3-5-6-7-8-9-11-14(10-4-2)15-12-13-16-14/h3,5-8H,1,4,9-13H2,2H3/b6-5+,8-7-. The third-order valence-corrected chi connectivity index (χ3v) is 2.63. The summed E-state index contributed by atoms with van der Waals surface area (Å²) in [5.41, 5.74) is 0. The van der Waals surface area contributed by atoms with Gasteiger partial charge in [-0.2, -0.15) is 0 Å². The minimum absolute atomic E-state index is 0.304. The van der Waals surface area contributed by atoms with Crippen molar-refractivity contribution in [3.63, 3.8) is 0 Å². The molecule has 1 aliphatic heterocycles. The highest BCUT2D eigenvalue weighted by Crippen LogP contribution is 2.29. The molecule has 0 atom stereocenters. The Morgan fingerprint density at radius 3 is 2.50 bits per heavy atom. The monoisotopic (exact) mass is 222 g/mol. The smallest absolute Gasteiger partial charge is 0.168 e. The maximum atomic E-state index is 5.72. The molecule has 0 aliphatic carbocycles. The first-order valence-corrected chi connectivity index (χ1v) is 6.05. The van der Waals surface area contributed by atoms with E-state index in [-0.39, 0.29) is 5.79 Å². The molecule has 0 unspecified atom stereocenters. The quantitative estimate of drug-likeness (QED) is 0.613. The van der Waals surface area contributed by atoms with Crippen LogP contribution < -0.4 is 0 Å². The third kappa shape index (κ3) is 4.33. The Morgan fingerprint density at radius 2 is 1.88 bits per heavy atom. The molecule has 1 fully saturated rings. The first-order valence-electron chi connectivity index (χ1n) is 6.05. The van der Waals surface area contributed by atoms with Crippen molar-refractivity contribution in [3.05, 3.63) is 37.0 Å². The van der Waals surface area contributed by atoms with E-state index in [2.05, 4.69) is 19.6 Å². The Labute approximate surface area is 98.6 Å². The van der Waals surface area contributed by atoms with Gasteiger partial charge in [-0.3, -0.25) is 0 Å². The summed E-state index contributed by atoms with van der Waals surface area (Å²) in [4.78, 5) is 0. The SMILES string of the molecule is C=C/C=C/C=C\CCC1(CCC)OCCO1. The van der Waals surface area contributed by atoms with Crippen LogP contribution in [0.3, 0.4) is 0 Å². The second kappa shape index (κ2) is 7.42. The lowest BCUT2D eigenvalue weighted by Gasteiger charge is -2.26. The number of hydrogen-bond donors (Lipinski definition) is 0. The molecule has 0 bridgehead atoms. The van der Waals surface area contributed by atoms with Crippen molar-refractivity contribution in [2.45, 2.75) is 38.4 Å². The van der Waals surface area contributed by atoms with Crippen LogP contribution in [0.15, 0.2) is 37.0 Å². The molecule has 1 saturated heterocycles. The van der Waals surface area contributed by atoms with Gasteiger partial charge in [0.15, 0.2) is 5.79 Å². The van der Waals surface area contributed by atoms with Crippen LogP contribution in [0.2, 0.25) is 0 Å². The van der Waals surface area contributed by atoms with Gasteiger partial charge in [0.05, 0.1) is 13.2 Å². The van der Waals surface area contributed by atoms with E-state index >= 15 is 0 Å². The number of allylic oxidation sites excluding steroid dienone is 5. The average molecular weight is 222 g/mol. The van der Waals surface area contributed by atoms with Crippen molar-refractivity contribution in [2.24, 2.45) is 0 Å². The van der Waals surface area contributed by atoms with Crippen LogP contribution in [-0.4, -0.2) is 19.0 Å². The van der Waals surface area contributed by atoms with Crippen LogP contribution in [0.25, 0.3) is 0 Å². The van der Waals surface area contributed by atoms with E-state index in [1.807, 2.05) is 18.2 Å². The summed E-state index contributed by atoms with van der Waals surface area (Å²) in [5.74, 6) is -0.304. The van der Waals surface area contributed by atoms with Gasteiger partial charge in [-0.1, -0.05) is 50.3 Å². The summed E-state index contributed by atoms with van der Waals surface area (Å²) >= 11 is 0. The predicted molar refractivity (Wildman–Crippen MR) is 67.3 cm³/mol. The van der Waals surface area contributed by atoms with Crippen LogP contribution >= 0.6 is 0 Å². The normalized spacial score (nSPS) is 19.8. The van der Waals surface area contributed by atoms with Crippen molar-refractivity contribution >= 4 is 0 Å². The fourth-order valence-corrected chi connectivity index (χ4v) is 1.91. The molecule has 0 saturated carbocycles. The van der Waals surface area contributed by atoms with E-state index in [4.69, 9.17) is 9.47 Å². The van der Waals surface area contributed by atoms with Gasteiger partial charge in [0.1, 0.15) is 0 Å². The molecule has 16 heavy (non-hydrogen) atoms. The van der Waals surface area contributed by atoms with Gasteiger partial charge in [-0.15, -0.1) is 0 Å². The second-order valence-electron chi connectivity index (χ2n) is 3.95. The molecule has 0 spiro atoms. The molecular formula is C14H22O2. The Bertz CT molecular complexity index is 247. The number of rotatable bonds is 7. The third-order valence-electron chi connectivity index (χ3n) is 2.63. The lowest BCUT2D eigenvalue weighted by molar-refractivity contribution is -0.166. The second-order valence-corrected chi connectivity index (χ2v) is 3.95. The highest BCUT2D eigenvalue weighted by Gasteiger charge is 2.34. The zero-order valence-corrected chi connectivity index (χ0v) is 10.2. The van der Waals surface area contributed by atoms with E-state index in [9.17, 15) is 0 Å². The summed E-state index contributed by atoms with van der Waals surface area (Å²) < 4.78 is 11.4. The van der Waals surface area contributed by atoms with Crippen molar-refractivity contribution < 1.29 is 9.47 Å². The van der Waals surface area contributed by atoms with E-state index in [0.717, 1.165) is 38.9 Å². The maximum Gasteiger partial charge on any atom is 0.168 e. The Hall–Kier alpha value is -0.860. The van der Waals surface area contributed by atoms with Crippen molar-refractivity contribution in [2.75, 3.05) is 13.2 Å². The van der Waals surface area contributed by atoms with Gasteiger partial charge >= 0.3 is 0 Å². The van der Waals surface area contributed by atoms with Gasteiger partial charge in [-0.05, 0) is 6.42 Å². The highest BCUT2D eigenvalue weighted by atomic mass is 16.7. The van der Waals surface area contributed by atoms with Crippen molar-refractivity contribution in [3.8, 4) is 0 Å². The molecular weight excluding hydrogens is 200 g/mol. The van der Waals surface area contributed by atoms with E-state index in [0.29, 0.717) is 0 Å². The molecule has 0 N–H and O–H groups in total. The molecule has 1 heterocycles. The average Bonchev–Trinajstić information content (AvgIpc) is 2.73. The van der Waals surface area contributed by atoms with Gasteiger partial charge in [0.25, 0.3) is 0 Å². The Morgan fingerprint density at radius 1 is 1.12 bits per heavy atom. The maximum absolute atomic E-state index is 5.72. The lowest BCUT2D eigenvalue weighted by atomic mass is 10.0. The molecule has 2 heteroatoms. The fraction of sp³-hybridized carbons (Fsp3) is 0.571. The Kier molecular flexibility index (Phi) is 6.12. The predicted octanol–water partition coefficient (Wildman–Crippen LogP) is 3.61. The zero-order chi connectivity index (χ0) is 11.7. The molecule has 1 aliphatic rings. The van der Waals surface area contributed by atoms with Crippen LogP contribution in [0.1, 0.15) is 32.6 Å². The Balaban J connectivity index is 2.30. The largest absolute Gasteiger partial charge is 0.348 e. The van der Waals surface area contributed by atoms with Gasteiger partial charge in [0, 0.05) is 12.8 Å². The molecule has 0 aromatic rings. The van der Waals surface area contributed by atoms with Crippen LogP contribution in [-0.2, 0) is 9.47 Å². The van der Waals surface area contributed by atoms with Gasteiger partial charge in [-0.25, -0.2) is 0 Å². The molecule has 0 aromatic heterocycles. The minimum Gasteiger partial charge on any atom is -0.348 e. The summed E-state index contributed by atoms with van der Waals surface area (Å²) in [6.45, 7) is 7.25. The summed E-state index contributed by atoms with van der Waals surface area (Å²) in [5, 5.41) is 0. The van der Waals surface area contributed by atoms with Gasteiger partial charge in [0.2, 0.25) is 0 Å². The summed E-state index contributed by atoms with van der Waals surface area (Å²) in [6, 6.07) is 0. The number of ether oxygens (including phenoxy) is 2. The van der Waals surface area contributed by atoms with E-state index < -0.39 is 0 Å². The van der Waals surface area contributed by atoms with E-state index in [1.54, 1.807) is 6.08 Å². The summed E-state index contributed by atoms with van der Waals surface area (Å²) in [6.07, 6.45) is 13.9. The van der Waals surface area contributed by atoms with Gasteiger partial charge < -0.3 is 9.47 Å². The van der Waals surface area contributed by atoms with E-state index in [1.165, 1.54) is 0 Å².